The normalized spacial score (nSPS) is 10.7. The van der Waals surface area contributed by atoms with E-state index in [-0.39, 0.29) is 0 Å². The molecule has 0 heterocycles. The molecule has 0 bridgehead atoms. The van der Waals surface area contributed by atoms with Crippen LogP contribution in [0.1, 0.15) is 92.4 Å². The molecule has 0 aliphatic carbocycles. The molecular formula is C19H41N2+. The molecule has 0 aromatic heterocycles. The molecule has 0 fully saturated rings. The van der Waals surface area contributed by atoms with Crippen LogP contribution in [-0.4, -0.2) is 41.5 Å². The molecule has 0 atom stereocenters. The van der Waals surface area contributed by atoms with Crippen molar-refractivity contribution in [2.75, 3.05) is 26.2 Å². The third kappa shape index (κ3) is 9.16. The smallest absolute Gasteiger partial charge is 0.246 e. The molecule has 126 valence electrons. The van der Waals surface area contributed by atoms with Gasteiger partial charge in [0.05, 0.1) is 26.2 Å². The van der Waals surface area contributed by atoms with E-state index < -0.39 is 0 Å². The van der Waals surface area contributed by atoms with Crippen LogP contribution < -0.4 is 0 Å². The molecule has 2 nitrogen and oxygen atoms in total. The van der Waals surface area contributed by atoms with E-state index in [2.05, 4.69) is 44.1 Å². The Hall–Kier alpha value is -0.530. The van der Waals surface area contributed by atoms with Crippen molar-refractivity contribution in [1.82, 2.24) is 4.90 Å². The summed E-state index contributed by atoms with van der Waals surface area (Å²) in [5, 5.41) is 0. The molecule has 0 spiro atoms. The first-order valence-corrected chi connectivity index (χ1v) is 9.60. The first-order valence-electron chi connectivity index (χ1n) is 9.60. The van der Waals surface area contributed by atoms with Crippen molar-refractivity contribution < 1.29 is 4.58 Å². The van der Waals surface area contributed by atoms with Crippen molar-refractivity contribution >= 4 is 5.84 Å². The van der Waals surface area contributed by atoms with Gasteiger partial charge in [-0.15, -0.1) is 0 Å². The van der Waals surface area contributed by atoms with E-state index in [1.807, 2.05) is 0 Å². The zero-order chi connectivity index (χ0) is 15.9. The van der Waals surface area contributed by atoms with Crippen LogP contribution in [-0.2, 0) is 0 Å². The van der Waals surface area contributed by atoms with Crippen molar-refractivity contribution in [3.05, 3.63) is 0 Å². The quantitative estimate of drug-likeness (QED) is 0.254. The fraction of sp³-hybridized carbons (Fsp3) is 0.947. The Labute approximate surface area is 134 Å². The molecule has 0 N–H and O–H groups in total. The van der Waals surface area contributed by atoms with Gasteiger partial charge in [0.15, 0.2) is 0 Å². The summed E-state index contributed by atoms with van der Waals surface area (Å²) in [6.45, 7) is 16.5. The van der Waals surface area contributed by atoms with Crippen LogP contribution in [0.4, 0.5) is 0 Å². The number of unbranched alkanes of at least 4 members (excludes halogenated alkanes) is 4. The van der Waals surface area contributed by atoms with Crippen molar-refractivity contribution in [2.45, 2.75) is 92.4 Å². The predicted molar refractivity (Wildman–Crippen MR) is 96.5 cm³/mol. The summed E-state index contributed by atoms with van der Waals surface area (Å²) in [4.78, 5) is 2.69. The highest BCUT2D eigenvalue weighted by atomic mass is 15.2. The predicted octanol–water partition coefficient (Wildman–Crippen LogP) is 5.31. The second-order valence-corrected chi connectivity index (χ2v) is 6.16. The Kier molecular flexibility index (Phi) is 14.0. The SMILES string of the molecule is CCCCN(CCCC)C(CC)=[N+](CCCC)CCCC. The van der Waals surface area contributed by atoms with E-state index in [4.69, 9.17) is 0 Å². The van der Waals surface area contributed by atoms with Crippen LogP contribution in [0.25, 0.3) is 0 Å². The number of rotatable bonds is 13. The van der Waals surface area contributed by atoms with E-state index in [0.717, 1.165) is 0 Å². The summed E-state index contributed by atoms with van der Waals surface area (Å²) in [6.07, 6.45) is 11.7. The molecule has 0 saturated carbocycles. The molecule has 0 rings (SSSR count). The average Bonchev–Trinajstić information content (AvgIpc) is 2.51. The van der Waals surface area contributed by atoms with Gasteiger partial charge in [0.2, 0.25) is 5.84 Å². The molecule has 0 radical (unpaired) electrons. The zero-order valence-corrected chi connectivity index (χ0v) is 15.6. The summed E-state index contributed by atoms with van der Waals surface area (Å²) in [7, 11) is 0. The molecule has 2 heteroatoms. The summed E-state index contributed by atoms with van der Waals surface area (Å²) in [5.41, 5.74) is 0. The molecule has 0 aromatic carbocycles. The van der Waals surface area contributed by atoms with E-state index in [1.165, 1.54) is 84.0 Å². The molecule has 0 saturated heterocycles. The fourth-order valence-corrected chi connectivity index (χ4v) is 2.78. The van der Waals surface area contributed by atoms with Gasteiger partial charge in [0, 0.05) is 6.42 Å². The van der Waals surface area contributed by atoms with Crippen molar-refractivity contribution in [1.29, 1.82) is 0 Å². The Morgan fingerprint density at radius 3 is 1.43 bits per heavy atom. The lowest BCUT2D eigenvalue weighted by Crippen LogP contribution is -2.40. The fourth-order valence-electron chi connectivity index (χ4n) is 2.78. The second-order valence-electron chi connectivity index (χ2n) is 6.16. The van der Waals surface area contributed by atoms with E-state index in [0.29, 0.717) is 0 Å². The minimum absolute atomic E-state index is 1.18. The molecule has 0 aromatic rings. The van der Waals surface area contributed by atoms with Crippen molar-refractivity contribution in [3.8, 4) is 0 Å². The standard InChI is InChI=1S/C19H41N2/c1-6-11-15-20(16-12-7-2)19(10-5)21(17-13-8-3)18-14-9-4/h6-18H2,1-5H3/q+1. The summed E-state index contributed by atoms with van der Waals surface area (Å²) < 4.78 is 2.69. The number of hydrogen-bond donors (Lipinski definition) is 0. The minimum atomic E-state index is 1.18. The molecule has 0 unspecified atom stereocenters. The van der Waals surface area contributed by atoms with Crippen molar-refractivity contribution in [2.24, 2.45) is 0 Å². The van der Waals surface area contributed by atoms with Gasteiger partial charge >= 0.3 is 0 Å². The maximum Gasteiger partial charge on any atom is 0.246 e. The zero-order valence-electron chi connectivity index (χ0n) is 15.6. The van der Waals surface area contributed by atoms with Gasteiger partial charge in [-0.1, -0.05) is 60.3 Å². The van der Waals surface area contributed by atoms with E-state index in [9.17, 15) is 0 Å². The monoisotopic (exact) mass is 297 g/mol. The largest absolute Gasteiger partial charge is 0.266 e. The van der Waals surface area contributed by atoms with Gasteiger partial charge in [-0.05, 0) is 25.7 Å². The molecule has 0 aliphatic heterocycles. The van der Waals surface area contributed by atoms with Crippen LogP contribution in [0.2, 0.25) is 0 Å². The van der Waals surface area contributed by atoms with Gasteiger partial charge in [-0.2, -0.15) is 0 Å². The molecule has 0 amide bonds. The average molecular weight is 298 g/mol. The van der Waals surface area contributed by atoms with Gasteiger partial charge in [-0.25, -0.2) is 0 Å². The Balaban J connectivity index is 5.05. The summed E-state index contributed by atoms with van der Waals surface area (Å²) in [6, 6.07) is 0. The third-order valence-corrected chi connectivity index (χ3v) is 4.17. The van der Waals surface area contributed by atoms with Crippen LogP contribution in [0.5, 0.6) is 0 Å². The summed E-state index contributed by atoms with van der Waals surface area (Å²) in [5.74, 6) is 1.61. The Morgan fingerprint density at radius 1 is 0.667 bits per heavy atom. The maximum atomic E-state index is 2.69. The maximum absolute atomic E-state index is 2.69. The van der Waals surface area contributed by atoms with Crippen LogP contribution in [0.15, 0.2) is 0 Å². The molecular weight excluding hydrogens is 256 g/mol. The highest BCUT2D eigenvalue weighted by molar-refractivity contribution is 5.77. The lowest BCUT2D eigenvalue weighted by Gasteiger charge is -2.22. The van der Waals surface area contributed by atoms with Gasteiger partial charge in [-0.3, -0.25) is 9.48 Å². The summed E-state index contributed by atoms with van der Waals surface area (Å²) >= 11 is 0. The highest BCUT2D eigenvalue weighted by Gasteiger charge is 2.20. The first kappa shape index (κ1) is 20.5. The van der Waals surface area contributed by atoms with E-state index in [1.54, 1.807) is 5.84 Å². The van der Waals surface area contributed by atoms with Crippen LogP contribution in [0, 0.1) is 0 Å². The third-order valence-electron chi connectivity index (χ3n) is 4.17. The minimum Gasteiger partial charge on any atom is -0.266 e. The van der Waals surface area contributed by atoms with Crippen LogP contribution in [0.3, 0.4) is 0 Å². The lowest BCUT2D eigenvalue weighted by molar-refractivity contribution is -0.535. The number of hydrogen-bond acceptors (Lipinski definition) is 0. The van der Waals surface area contributed by atoms with Gasteiger partial charge < -0.3 is 0 Å². The van der Waals surface area contributed by atoms with E-state index >= 15 is 0 Å². The van der Waals surface area contributed by atoms with Crippen LogP contribution >= 0.6 is 0 Å². The van der Waals surface area contributed by atoms with Gasteiger partial charge in [0.1, 0.15) is 0 Å². The molecule has 0 aliphatic rings. The number of nitrogens with zero attached hydrogens (tertiary/aromatic N) is 2. The Bertz CT molecular complexity index is 240. The topological polar surface area (TPSA) is 6.25 Å². The van der Waals surface area contributed by atoms with Crippen molar-refractivity contribution in [3.63, 3.8) is 0 Å². The first-order chi connectivity index (χ1) is 10.2. The Morgan fingerprint density at radius 2 is 1.10 bits per heavy atom. The molecule has 21 heavy (non-hydrogen) atoms. The second kappa shape index (κ2) is 14.4. The lowest BCUT2D eigenvalue weighted by atomic mass is 10.2. The van der Waals surface area contributed by atoms with Gasteiger partial charge in [0.25, 0.3) is 0 Å². The number of amidine groups is 1. The highest BCUT2D eigenvalue weighted by Crippen LogP contribution is 2.06.